The zero-order valence-electron chi connectivity index (χ0n) is 13.7. The first-order chi connectivity index (χ1) is 9.92. The first kappa shape index (κ1) is 20.6. The SMILES string of the molecule is CC1(C)O[C@@H]2[C@@H](CO[C@@]3(COS(=O)(=O)[O-])OC(C)(C)O[C@@H]23)O1.[K+]. The van der Waals surface area contributed by atoms with Gasteiger partial charge >= 0.3 is 51.4 Å². The zero-order valence-corrected chi connectivity index (χ0v) is 17.7. The molecular formula is C12H19KO9S. The van der Waals surface area contributed by atoms with Crippen molar-refractivity contribution in [2.75, 3.05) is 13.2 Å². The molecule has 0 saturated carbocycles. The Bertz CT molecular complexity index is 563. The van der Waals surface area contributed by atoms with Crippen LogP contribution in [0.5, 0.6) is 0 Å². The molecule has 3 aliphatic heterocycles. The van der Waals surface area contributed by atoms with Crippen LogP contribution >= 0.6 is 0 Å². The van der Waals surface area contributed by atoms with Gasteiger partial charge < -0.3 is 28.2 Å². The molecule has 0 aromatic rings. The first-order valence-corrected chi connectivity index (χ1v) is 8.23. The minimum absolute atomic E-state index is 0. The standard InChI is InChI=1S/C12H20O9S.K/c1-10(2)18-7-5-16-12(6-17-22(13,14)15)9(8(7)19-10)20-11(3,4)21-12;/h7-9H,5-6H2,1-4H3,(H,13,14,15);/q;+1/p-1/t7-,8-,9+,12+;/m1./s1. The minimum atomic E-state index is -4.89. The van der Waals surface area contributed by atoms with E-state index in [0.717, 1.165) is 0 Å². The molecule has 3 heterocycles. The Balaban J connectivity index is 0.00000192. The molecule has 0 amide bonds. The molecule has 0 bridgehead atoms. The van der Waals surface area contributed by atoms with E-state index in [1.165, 1.54) is 0 Å². The van der Waals surface area contributed by atoms with Crippen molar-refractivity contribution in [1.29, 1.82) is 0 Å². The van der Waals surface area contributed by atoms with Crippen LogP contribution in [0, 0.1) is 0 Å². The number of hydrogen-bond acceptors (Lipinski definition) is 9. The Morgan fingerprint density at radius 2 is 1.78 bits per heavy atom. The zero-order chi connectivity index (χ0) is 16.4. The number of ether oxygens (including phenoxy) is 5. The van der Waals surface area contributed by atoms with Crippen LogP contribution in [-0.4, -0.2) is 61.9 Å². The predicted molar refractivity (Wildman–Crippen MR) is 68.2 cm³/mol. The summed E-state index contributed by atoms with van der Waals surface area (Å²) in [6.07, 6.45) is -1.69. The monoisotopic (exact) mass is 378 g/mol. The Labute approximate surface area is 177 Å². The van der Waals surface area contributed by atoms with Gasteiger partial charge in [0.15, 0.2) is 11.6 Å². The van der Waals surface area contributed by atoms with E-state index in [4.69, 9.17) is 23.7 Å². The summed E-state index contributed by atoms with van der Waals surface area (Å²) in [5.74, 6) is -3.41. The van der Waals surface area contributed by atoms with Gasteiger partial charge in [-0.3, -0.25) is 4.18 Å². The molecule has 23 heavy (non-hydrogen) atoms. The second kappa shape index (κ2) is 6.48. The van der Waals surface area contributed by atoms with Crippen LogP contribution in [0.1, 0.15) is 27.7 Å². The molecule has 3 aliphatic rings. The summed E-state index contributed by atoms with van der Waals surface area (Å²) in [7, 11) is -4.89. The molecule has 0 N–H and O–H groups in total. The molecule has 4 atom stereocenters. The van der Waals surface area contributed by atoms with E-state index < -0.39 is 46.6 Å². The fraction of sp³-hybridized carbons (Fsp3) is 1.00. The van der Waals surface area contributed by atoms with Gasteiger partial charge in [0.05, 0.1) is 6.61 Å². The maximum Gasteiger partial charge on any atom is 1.00 e. The van der Waals surface area contributed by atoms with Gasteiger partial charge in [-0.1, -0.05) is 0 Å². The molecule has 0 unspecified atom stereocenters. The second-order valence-corrected chi connectivity index (χ2v) is 7.52. The van der Waals surface area contributed by atoms with Gasteiger partial charge in [0, 0.05) is 0 Å². The average Bonchev–Trinajstić information content (AvgIpc) is 2.78. The quantitative estimate of drug-likeness (QED) is 0.286. The summed E-state index contributed by atoms with van der Waals surface area (Å²) in [5.41, 5.74) is 0. The van der Waals surface area contributed by atoms with E-state index in [2.05, 4.69) is 4.18 Å². The largest absolute Gasteiger partial charge is 1.00 e. The van der Waals surface area contributed by atoms with Crippen LogP contribution in [0.4, 0.5) is 0 Å². The Morgan fingerprint density at radius 1 is 1.13 bits per heavy atom. The Morgan fingerprint density at radius 3 is 2.39 bits per heavy atom. The molecule has 0 radical (unpaired) electrons. The molecule has 128 valence electrons. The van der Waals surface area contributed by atoms with Crippen molar-refractivity contribution in [2.45, 2.75) is 63.4 Å². The van der Waals surface area contributed by atoms with Gasteiger partial charge in [0.25, 0.3) is 0 Å². The number of rotatable bonds is 3. The Kier molecular flexibility index (Phi) is 5.81. The van der Waals surface area contributed by atoms with Gasteiger partial charge in [0.1, 0.15) is 24.9 Å². The third-order valence-electron chi connectivity index (χ3n) is 3.68. The second-order valence-electron chi connectivity index (χ2n) is 6.47. The average molecular weight is 378 g/mol. The molecule has 0 aliphatic carbocycles. The molecule has 0 spiro atoms. The molecule has 11 heteroatoms. The van der Waals surface area contributed by atoms with Crippen LogP contribution in [0.3, 0.4) is 0 Å². The van der Waals surface area contributed by atoms with Crippen LogP contribution in [0.15, 0.2) is 0 Å². The summed E-state index contributed by atoms with van der Waals surface area (Å²) in [4.78, 5) is 0. The fourth-order valence-electron chi connectivity index (χ4n) is 3.10. The Hall–Kier alpha value is 1.31. The van der Waals surface area contributed by atoms with Crippen molar-refractivity contribution in [3.63, 3.8) is 0 Å². The molecule has 0 aromatic carbocycles. The summed E-state index contributed by atoms with van der Waals surface area (Å²) in [6, 6.07) is 0. The fourth-order valence-corrected chi connectivity index (χ4v) is 3.41. The third kappa shape index (κ3) is 4.35. The molecule has 3 fully saturated rings. The van der Waals surface area contributed by atoms with Gasteiger partial charge in [-0.05, 0) is 27.7 Å². The van der Waals surface area contributed by atoms with E-state index in [1.807, 2.05) is 0 Å². The van der Waals surface area contributed by atoms with Crippen molar-refractivity contribution >= 4 is 10.4 Å². The van der Waals surface area contributed by atoms with Crippen LogP contribution in [-0.2, 0) is 38.3 Å². The van der Waals surface area contributed by atoms with Gasteiger partial charge in [-0.2, -0.15) is 0 Å². The summed E-state index contributed by atoms with van der Waals surface area (Å²) in [6.45, 7) is 6.31. The van der Waals surface area contributed by atoms with E-state index in [1.54, 1.807) is 27.7 Å². The minimum Gasteiger partial charge on any atom is -0.726 e. The third-order valence-corrected chi connectivity index (χ3v) is 4.09. The summed E-state index contributed by atoms with van der Waals surface area (Å²) >= 11 is 0. The van der Waals surface area contributed by atoms with Crippen LogP contribution in [0.2, 0.25) is 0 Å². The topological polar surface area (TPSA) is 113 Å². The normalized spacial score (nSPS) is 41.0. The van der Waals surface area contributed by atoms with E-state index in [-0.39, 0.29) is 64.1 Å². The van der Waals surface area contributed by atoms with Crippen molar-refractivity contribution in [3.05, 3.63) is 0 Å². The maximum atomic E-state index is 10.8. The van der Waals surface area contributed by atoms with Crippen LogP contribution in [0.25, 0.3) is 0 Å². The van der Waals surface area contributed by atoms with Gasteiger partial charge in [0.2, 0.25) is 16.2 Å². The summed E-state index contributed by atoms with van der Waals surface area (Å²) < 4.78 is 65.3. The van der Waals surface area contributed by atoms with Crippen molar-refractivity contribution in [1.82, 2.24) is 0 Å². The van der Waals surface area contributed by atoms with Gasteiger partial charge in [-0.25, -0.2) is 8.42 Å². The smallest absolute Gasteiger partial charge is 0.726 e. The molecule has 9 nitrogen and oxygen atoms in total. The molecule has 0 aromatic heterocycles. The van der Waals surface area contributed by atoms with E-state index in [0.29, 0.717) is 0 Å². The van der Waals surface area contributed by atoms with Crippen molar-refractivity contribution < 1.29 is 92.2 Å². The molecule has 3 rings (SSSR count). The molecule has 3 saturated heterocycles. The maximum absolute atomic E-state index is 10.8. The first-order valence-electron chi connectivity index (χ1n) is 6.89. The predicted octanol–water partition coefficient (Wildman–Crippen LogP) is -3.13. The van der Waals surface area contributed by atoms with Crippen LogP contribution < -0.4 is 51.4 Å². The van der Waals surface area contributed by atoms with E-state index >= 15 is 0 Å². The van der Waals surface area contributed by atoms with Crippen molar-refractivity contribution in [2.24, 2.45) is 0 Å². The van der Waals surface area contributed by atoms with Crippen molar-refractivity contribution in [3.8, 4) is 0 Å². The molecular weight excluding hydrogens is 359 g/mol. The van der Waals surface area contributed by atoms with E-state index in [9.17, 15) is 13.0 Å². The number of hydrogen-bond donors (Lipinski definition) is 0. The van der Waals surface area contributed by atoms with Gasteiger partial charge in [-0.15, -0.1) is 0 Å². The number of fused-ring (bicyclic) bond motifs is 3. The summed E-state index contributed by atoms with van der Waals surface area (Å²) in [5, 5.41) is 0.